The van der Waals surface area contributed by atoms with Gasteiger partial charge in [-0.25, -0.2) is 4.79 Å². The largest absolute Gasteiger partial charge is 0.445 e. The molecule has 1 aromatic carbocycles. The van der Waals surface area contributed by atoms with E-state index < -0.39 is 0 Å². The van der Waals surface area contributed by atoms with E-state index in [-0.39, 0.29) is 12.1 Å². The maximum atomic E-state index is 11.5. The predicted octanol–water partition coefficient (Wildman–Crippen LogP) is 3.02. The van der Waals surface area contributed by atoms with Crippen molar-refractivity contribution in [2.45, 2.75) is 31.9 Å². The van der Waals surface area contributed by atoms with Crippen molar-refractivity contribution >= 4 is 6.09 Å². The van der Waals surface area contributed by atoms with Crippen molar-refractivity contribution < 1.29 is 9.53 Å². The molecule has 0 spiro atoms. The van der Waals surface area contributed by atoms with Gasteiger partial charge in [-0.2, -0.15) is 0 Å². The Hall–Kier alpha value is -1.77. The van der Waals surface area contributed by atoms with Crippen molar-refractivity contribution in [3.63, 3.8) is 0 Å². The lowest BCUT2D eigenvalue weighted by Crippen LogP contribution is -2.34. The van der Waals surface area contributed by atoms with Crippen molar-refractivity contribution in [3.05, 3.63) is 48.0 Å². The zero-order valence-corrected chi connectivity index (χ0v) is 9.76. The first-order chi connectivity index (χ1) is 8.34. The number of alkyl carbamates (subject to hydrolysis) is 1. The highest BCUT2D eigenvalue weighted by Crippen LogP contribution is 2.10. The van der Waals surface area contributed by atoms with E-state index in [2.05, 4.69) is 11.4 Å². The van der Waals surface area contributed by atoms with Crippen LogP contribution in [0.2, 0.25) is 0 Å². The van der Waals surface area contributed by atoms with E-state index in [9.17, 15) is 4.79 Å². The standard InChI is InChI=1S/C14H17NO2/c16-14(15-13-9-5-2-6-10-13)17-11-12-7-3-1-4-8-12/h1,3-5,7-9,13H,2,6,10-11H2,(H,15,16)/t13-/m1/s1. The summed E-state index contributed by atoms with van der Waals surface area (Å²) in [6.07, 6.45) is 7.03. The first-order valence-electron chi connectivity index (χ1n) is 5.98. The molecular formula is C14H17NO2. The maximum Gasteiger partial charge on any atom is 0.407 e. The third-order valence-electron chi connectivity index (χ3n) is 2.77. The second-order valence-electron chi connectivity index (χ2n) is 4.17. The summed E-state index contributed by atoms with van der Waals surface area (Å²) < 4.78 is 5.15. The Morgan fingerprint density at radius 2 is 2.18 bits per heavy atom. The molecule has 0 saturated carbocycles. The van der Waals surface area contributed by atoms with Crippen molar-refractivity contribution in [1.82, 2.24) is 5.32 Å². The number of rotatable bonds is 3. The van der Waals surface area contributed by atoms with E-state index in [1.165, 1.54) is 0 Å². The molecule has 1 N–H and O–H groups in total. The molecule has 3 nitrogen and oxygen atoms in total. The molecule has 0 unspecified atom stereocenters. The van der Waals surface area contributed by atoms with Crippen LogP contribution in [0.4, 0.5) is 4.79 Å². The van der Waals surface area contributed by atoms with Gasteiger partial charge < -0.3 is 10.1 Å². The fraction of sp³-hybridized carbons (Fsp3) is 0.357. The summed E-state index contributed by atoms with van der Waals surface area (Å²) in [6.45, 7) is 0.323. The molecule has 0 aromatic heterocycles. The monoisotopic (exact) mass is 231 g/mol. The van der Waals surface area contributed by atoms with Gasteiger partial charge in [0.05, 0.1) is 6.04 Å². The van der Waals surface area contributed by atoms with Crippen LogP contribution in [-0.2, 0) is 11.3 Å². The van der Waals surface area contributed by atoms with Crippen LogP contribution < -0.4 is 5.32 Å². The molecule has 3 heteroatoms. The van der Waals surface area contributed by atoms with E-state index in [4.69, 9.17) is 4.74 Å². The van der Waals surface area contributed by atoms with Crippen LogP contribution in [0, 0.1) is 0 Å². The van der Waals surface area contributed by atoms with Gasteiger partial charge in [0, 0.05) is 0 Å². The Morgan fingerprint density at radius 1 is 1.35 bits per heavy atom. The number of nitrogens with one attached hydrogen (secondary N) is 1. The third-order valence-corrected chi connectivity index (χ3v) is 2.77. The van der Waals surface area contributed by atoms with Crippen LogP contribution in [0.25, 0.3) is 0 Å². The second-order valence-corrected chi connectivity index (χ2v) is 4.17. The zero-order chi connectivity index (χ0) is 11.9. The van der Waals surface area contributed by atoms with E-state index in [1.807, 2.05) is 36.4 Å². The summed E-state index contributed by atoms with van der Waals surface area (Å²) in [5.41, 5.74) is 1.00. The van der Waals surface area contributed by atoms with Gasteiger partial charge in [0.25, 0.3) is 0 Å². The minimum atomic E-state index is -0.342. The average molecular weight is 231 g/mol. The highest BCUT2D eigenvalue weighted by molar-refractivity contribution is 5.67. The molecule has 0 heterocycles. The molecule has 1 aromatic rings. The van der Waals surface area contributed by atoms with Crippen LogP contribution >= 0.6 is 0 Å². The van der Waals surface area contributed by atoms with Gasteiger partial charge in [0.2, 0.25) is 0 Å². The van der Waals surface area contributed by atoms with Crippen LogP contribution in [0.5, 0.6) is 0 Å². The molecule has 90 valence electrons. The Bertz CT molecular complexity index is 386. The maximum absolute atomic E-state index is 11.5. The number of benzene rings is 1. The lowest BCUT2D eigenvalue weighted by atomic mass is 10.0. The molecule has 0 fully saturated rings. The van der Waals surface area contributed by atoms with Crippen molar-refractivity contribution in [1.29, 1.82) is 0 Å². The van der Waals surface area contributed by atoms with Gasteiger partial charge >= 0.3 is 6.09 Å². The quantitative estimate of drug-likeness (QED) is 0.812. The van der Waals surface area contributed by atoms with Crippen LogP contribution in [0.15, 0.2) is 42.5 Å². The van der Waals surface area contributed by atoms with Crippen molar-refractivity contribution in [2.24, 2.45) is 0 Å². The molecule has 0 aliphatic heterocycles. The fourth-order valence-electron chi connectivity index (χ4n) is 1.85. The lowest BCUT2D eigenvalue weighted by molar-refractivity contribution is 0.137. The fourth-order valence-corrected chi connectivity index (χ4v) is 1.85. The lowest BCUT2D eigenvalue weighted by Gasteiger charge is -2.17. The van der Waals surface area contributed by atoms with Gasteiger partial charge in [-0.1, -0.05) is 42.5 Å². The second kappa shape index (κ2) is 6.09. The van der Waals surface area contributed by atoms with Crippen LogP contribution in [0.3, 0.4) is 0 Å². The molecule has 1 aliphatic carbocycles. The summed E-state index contributed by atoms with van der Waals surface area (Å²) in [5.74, 6) is 0. The molecule has 1 atom stereocenters. The first kappa shape index (κ1) is 11.7. The van der Waals surface area contributed by atoms with Crippen molar-refractivity contribution in [3.8, 4) is 0 Å². The third kappa shape index (κ3) is 3.94. The molecule has 17 heavy (non-hydrogen) atoms. The molecular weight excluding hydrogens is 214 g/mol. The number of allylic oxidation sites excluding steroid dienone is 1. The minimum absolute atomic E-state index is 0.132. The van der Waals surface area contributed by atoms with E-state index >= 15 is 0 Å². The van der Waals surface area contributed by atoms with Crippen LogP contribution in [-0.4, -0.2) is 12.1 Å². The smallest absolute Gasteiger partial charge is 0.407 e. The van der Waals surface area contributed by atoms with Gasteiger partial charge in [-0.3, -0.25) is 0 Å². The molecule has 0 saturated heterocycles. The number of carbonyl (C=O) groups is 1. The summed E-state index contributed by atoms with van der Waals surface area (Å²) in [7, 11) is 0. The molecule has 0 bridgehead atoms. The van der Waals surface area contributed by atoms with Gasteiger partial charge in [-0.05, 0) is 24.8 Å². The summed E-state index contributed by atoms with van der Waals surface area (Å²) >= 11 is 0. The van der Waals surface area contributed by atoms with Crippen LogP contribution in [0.1, 0.15) is 24.8 Å². The number of hydrogen-bond acceptors (Lipinski definition) is 2. The highest BCUT2D eigenvalue weighted by atomic mass is 16.5. The number of hydrogen-bond donors (Lipinski definition) is 1. The number of carbonyl (C=O) groups excluding carboxylic acids is 1. The zero-order valence-electron chi connectivity index (χ0n) is 9.76. The van der Waals surface area contributed by atoms with Crippen molar-refractivity contribution in [2.75, 3.05) is 0 Å². The normalized spacial score (nSPS) is 18.7. The Balaban J connectivity index is 1.74. The summed E-state index contributed by atoms with van der Waals surface area (Å²) in [6, 6.07) is 9.81. The Kier molecular flexibility index (Phi) is 4.19. The Morgan fingerprint density at radius 3 is 2.88 bits per heavy atom. The van der Waals surface area contributed by atoms with E-state index in [0.717, 1.165) is 24.8 Å². The molecule has 2 rings (SSSR count). The van der Waals surface area contributed by atoms with Gasteiger partial charge in [-0.15, -0.1) is 0 Å². The summed E-state index contributed by atoms with van der Waals surface area (Å²) in [5, 5.41) is 2.84. The predicted molar refractivity (Wildman–Crippen MR) is 66.5 cm³/mol. The average Bonchev–Trinajstić information content (AvgIpc) is 2.39. The van der Waals surface area contributed by atoms with Gasteiger partial charge in [0.1, 0.15) is 6.61 Å². The highest BCUT2D eigenvalue weighted by Gasteiger charge is 2.12. The topological polar surface area (TPSA) is 38.3 Å². The molecule has 1 aliphatic rings. The van der Waals surface area contributed by atoms with Gasteiger partial charge in [0.15, 0.2) is 0 Å². The molecule has 0 radical (unpaired) electrons. The van der Waals surface area contributed by atoms with E-state index in [1.54, 1.807) is 0 Å². The summed E-state index contributed by atoms with van der Waals surface area (Å²) in [4.78, 5) is 11.5. The SMILES string of the molecule is O=C(N[C@@H]1C=CCCC1)OCc1ccccc1. The first-order valence-corrected chi connectivity index (χ1v) is 5.98. The Labute approximate surface area is 101 Å². The molecule has 1 amide bonds. The van der Waals surface area contributed by atoms with E-state index in [0.29, 0.717) is 6.61 Å². The number of amides is 1. The minimum Gasteiger partial charge on any atom is -0.445 e. The number of ether oxygens (including phenoxy) is 1.